The molecule has 170 valence electrons. The van der Waals surface area contributed by atoms with Gasteiger partial charge in [0.15, 0.2) is 0 Å². The van der Waals surface area contributed by atoms with Crippen molar-refractivity contribution in [2.45, 2.75) is 25.2 Å². The first-order chi connectivity index (χ1) is 15.2. The molecule has 0 fully saturated rings. The number of halogens is 3. The lowest BCUT2D eigenvalue weighted by Gasteiger charge is -2.33. The molecule has 0 saturated heterocycles. The Morgan fingerprint density at radius 1 is 1.25 bits per heavy atom. The van der Waals surface area contributed by atoms with Crippen LogP contribution in [0, 0.1) is 0 Å². The Labute approximate surface area is 184 Å². The summed E-state index contributed by atoms with van der Waals surface area (Å²) in [7, 11) is 1.55. The molecule has 0 spiro atoms. The molecule has 1 heterocycles. The average molecular weight is 447 g/mol. The van der Waals surface area contributed by atoms with Gasteiger partial charge in [-0.3, -0.25) is 19.4 Å². The van der Waals surface area contributed by atoms with Crippen molar-refractivity contribution in [3.05, 3.63) is 66.7 Å². The number of rotatable bonds is 7. The number of nitrogens with one attached hydrogen (secondary N) is 1. The third-order valence-corrected chi connectivity index (χ3v) is 5.09. The highest BCUT2D eigenvalue weighted by molar-refractivity contribution is 6.05. The molecule has 2 aromatic rings. The summed E-state index contributed by atoms with van der Waals surface area (Å²) in [6.45, 7) is 4.02. The number of nitrogens with zero attached hydrogens (tertiary/aromatic N) is 2. The highest BCUT2D eigenvalue weighted by Gasteiger charge is 2.49. The number of carbonyl (C=O) groups excluding carboxylic acids is 2. The molecule has 1 atom stereocenters. The number of hydrogen-bond donors (Lipinski definition) is 1. The number of fused-ring (bicyclic) bond motifs is 1. The number of alkyl halides is 3. The molecule has 2 amide bonds. The summed E-state index contributed by atoms with van der Waals surface area (Å²) in [4.78, 5) is 27.7. The first-order valence-electron chi connectivity index (χ1n) is 9.96. The maximum absolute atomic E-state index is 13.9. The second-order valence-corrected chi connectivity index (χ2v) is 7.40. The zero-order valence-corrected chi connectivity index (χ0v) is 17.6. The van der Waals surface area contributed by atoms with Crippen molar-refractivity contribution in [3.8, 4) is 5.75 Å². The van der Waals surface area contributed by atoms with Crippen LogP contribution in [0.2, 0.25) is 0 Å². The van der Waals surface area contributed by atoms with Gasteiger partial charge in [-0.1, -0.05) is 30.3 Å². The van der Waals surface area contributed by atoms with E-state index in [1.807, 2.05) is 12.1 Å². The van der Waals surface area contributed by atoms with Crippen LogP contribution in [0.1, 0.15) is 12.0 Å². The fourth-order valence-electron chi connectivity index (χ4n) is 3.62. The zero-order valence-electron chi connectivity index (χ0n) is 17.6. The normalized spacial score (nSPS) is 16.2. The lowest BCUT2D eigenvalue weighted by molar-refractivity contribution is -0.158. The van der Waals surface area contributed by atoms with Gasteiger partial charge >= 0.3 is 6.18 Å². The minimum atomic E-state index is -4.77. The van der Waals surface area contributed by atoms with Gasteiger partial charge in [-0.15, -0.1) is 6.58 Å². The number of carbonyl (C=O) groups is 2. The number of methoxy groups -OCH3 is 1. The molecule has 0 bridgehead atoms. The molecule has 1 aliphatic heterocycles. The Morgan fingerprint density at radius 3 is 2.56 bits per heavy atom. The number of benzene rings is 2. The largest absolute Gasteiger partial charge is 0.497 e. The Bertz CT molecular complexity index is 976. The lowest BCUT2D eigenvalue weighted by atomic mass is 10.1. The monoisotopic (exact) mass is 447 g/mol. The van der Waals surface area contributed by atoms with Crippen LogP contribution in [-0.4, -0.2) is 49.1 Å². The molecule has 32 heavy (non-hydrogen) atoms. The van der Waals surface area contributed by atoms with E-state index in [0.29, 0.717) is 23.7 Å². The van der Waals surface area contributed by atoms with Crippen LogP contribution in [0.3, 0.4) is 0 Å². The highest BCUT2D eigenvalue weighted by atomic mass is 19.4. The van der Waals surface area contributed by atoms with Gasteiger partial charge in [-0.25, -0.2) is 0 Å². The van der Waals surface area contributed by atoms with Crippen LogP contribution >= 0.6 is 0 Å². The average Bonchev–Trinajstić information content (AvgIpc) is 2.90. The molecule has 9 heteroatoms. The first kappa shape index (κ1) is 23.3. The van der Waals surface area contributed by atoms with Crippen molar-refractivity contribution >= 4 is 23.2 Å². The maximum atomic E-state index is 13.9. The van der Waals surface area contributed by atoms with Gasteiger partial charge in [0.05, 0.1) is 31.5 Å². The van der Waals surface area contributed by atoms with E-state index in [2.05, 4.69) is 11.9 Å². The van der Waals surface area contributed by atoms with E-state index in [0.717, 1.165) is 5.56 Å². The molecular weight excluding hydrogens is 423 g/mol. The quantitative estimate of drug-likeness (QED) is 0.652. The molecule has 3 rings (SSSR count). The summed E-state index contributed by atoms with van der Waals surface area (Å²) in [5.41, 5.74) is 1.05. The number of hydrogen-bond acceptors (Lipinski definition) is 4. The number of amides is 2. The van der Waals surface area contributed by atoms with Crippen LogP contribution in [0.25, 0.3) is 0 Å². The second-order valence-electron chi connectivity index (χ2n) is 7.40. The summed E-state index contributed by atoms with van der Waals surface area (Å²) >= 11 is 0. The fourth-order valence-corrected chi connectivity index (χ4v) is 3.62. The van der Waals surface area contributed by atoms with E-state index in [1.54, 1.807) is 36.3 Å². The molecule has 6 nitrogen and oxygen atoms in total. The van der Waals surface area contributed by atoms with Gasteiger partial charge in [0.25, 0.3) is 0 Å². The van der Waals surface area contributed by atoms with Crippen molar-refractivity contribution in [1.29, 1.82) is 0 Å². The highest BCUT2D eigenvalue weighted by Crippen LogP contribution is 2.37. The minimum absolute atomic E-state index is 0.0219. The molecule has 0 saturated carbocycles. The molecule has 1 aliphatic rings. The third-order valence-electron chi connectivity index (χ3n) is 5.09. The summed E-state index contributed by atoms with van der Waals surface area (Å²) in [5, 5.41) is 2.46. The maximum Gasteiger partial charge on any atom is 0.409 e. The predicted molar refractivity (Wildman–Crippen MR) is 115 cm³/mol. The third kappa shape index (κ3) is 5.47. The molecule has 2 aromatic carbocycles. The first-order valence-corrected chi connectivity index (χ1v) is 9.96. The summed E-state index contributed by atoms with van der Waals surface area (Å²) < 4.78 is 46.8. The lowest BCUT2D eigenvalue weighted by Crippen LogP contribution is -2.52. The van der Waals surface area contributed by atoms with Gasteiger partial charge in [0, 0.05) is 13.1 Å². The van der Waals surface area contributed by atoms with E-state index in [-0.39, 0.29) is 17.9 Å². The Morgan fingerprint density at radius 2 is 1.94 bits per heavy atom. The SMILES string of the molecule is C=CCN(CC(=O)N1c2ccccc2NC(=O)CC1C(F)(F)F)Cc1ccc(OC)cc1. The van der Waals surface area contributed by atoms with Gasteiger partial charge in [0.1, 0.15) is 11.8 Å². The molecule has 1 N–H and O–H groups in total. The topological polar surface area (TPSA) is 61.9 Å². The van der Waals surface area contributed by atoms with Crippen LogP contribution < -0.4 is 15.0 Å². The minimum Gasteiger partial charge on any atom is -0.497 e. The van der Waals surface area contributed by atoms with Crippen molar-refractivity contribution in [3.63, 3.8) is 0 Å². The van der Waals surface area contributed by atoms with Crippen LogP contribution in [0.15, 0.2) is 61.2 Å². The van der Waals surface area contributed by atoms with E-state index in [4.69, 9.17) is 4.74 Å². The molecule has 1 unspecified atom stereocenters. The van der Waals surface area contributed by atoms with Crippen molar-refractivity contribution < 1.29 is 27.5 Å². The van der Waals surface area contributed by atoms with Crippen LogP contribution in [0.4, 0.5) is 24.5 Å². The number of para-hydroxylation sites is 2. The summed E-state index contributed by atoms with van der Waals surface area (Å²) in [5.74, 6) is -0.880. The zero-order chi connectivity index (χ0) is 23.3. The van der Waals surface area contributed by atoms with Gasteiger partial charge < -0.3 is 10.1 Å². The van der Waals surface area contributed by atoms with E-state index in [9.17, 15) is 22.8 Å². The fraction of sp³-hybridized carbons (Fsp3) is 0.304. The van der Waals surface area contributed by atoms with E-state index < -0.39 is 30.5 Å². The smallest absolute Gasteiger partial charge is 0.409 e. The van der Waals surface area contributed by atoms with Gasteiger partial charge in [-0.05, 0) is 29.8 Å². The predicted octanol–water partition coefficient (Wildman–Crippen LogP) is 3.99. The molecule has 0 radical (unpaired) electrons. The van der Waals surface area contributed by atoms with Crippen molar-refractivity contribution in [2.75, 3.05) is 30.4 Å². The second kappa shape index (κ2) is 9.86. The van der Waals surface area contributed by atoms with Crippen molar-refractivity contribution in [2.24, 2.45) is 0 Å². The molecule has 0 aromatic heterocycles. The van der Waals surface area contributed by atoms with E-state index >= 15 is 0 Å². The van der Waals surface area contributed by atoms with Crippen LogP contribution in [0.5, 0.6) is 5.75 Å². The molecular formula is C23H24F3N3O3. The number of anilines is 2. The van der Waals surface area contributed by atoms with E-state index in [1.165, 1.54) is 18.2 Å². The van der Waals surface area contributed by atoms with Crippen molar-refractivity contribution in [1.82, 2.24) is 4.90 Å². The van der Waals surface area contributed by atoms with Crippen LogP contribution in [-0.2, 0) is 16.1 Å². The standard InChI is InChI=1S/C23H24F3N3O3/c1-3-12-28(14-16-8-10-17(32-2)11-9-16)15-22(31)29-19-7-5-4-6-18(19)27-21(30)13-20(29)23(24,25)26/h3-11,20H,1,12-15H2,2H3,(H,27,30). The Balaban J connectivity index is 1.90. The van der Waals surface area contributed by atoms with Gasteiger partial charge in [0.2, 0.25) is 11.8 Å². The summed E-state index contributed by atoms with van der Waals surface area (Å²) in [6.07, 6.45) is -4.06. The molecule has 0 aliphatic carbocycles. The summed E-state index contributed by atoms with van der Waals surface area (Å²) in [6, 6.07) is 10.9. The Kier molecular flexibility index (Phi) is 7.19. The van der Waals surface area contributed by atoms with Gasteiger partial charge in [-0.2, -0.15) is 13.2 Å². The Hall–Kier alpha value is -3.33. The number of ether oxygens (including phenoxy) is 1.